The number of alkyl halides is 3. The number of sulfonamides is 2. The maximum atomic E-state index is 13.2. The highest BCUT2D eigenvalue weighted by molar-refractivity contribution is 7.92. The lowest BCUT2D eigenvalue weighted by Crippen LogP contribution is -2.40. The molecule has 0 spiro atoms. The summed E-state index contributed by atoms with van der Waals surface area (Å²) in [5, 5.41) is 2.09. The number of benzene rings is 2. The Bertz CT molecular complexity index is 1240. The Hall–Kier alpha value is -2.68. The van der Waals surface area contributed by atoms with E-state index in [-0.39, 0.29) is 36.9 Å². The Morgan fingerprint density at radius 3 is 2.18 bits per heavy atom. The summed E-state index contributed by atoms with van der Waals surface area (Å²) in [6.45, 7) is 0.0519. The van der Waals surface area contributed by atoms with Gasteiger partial charge in [0.1, 0.15) is 6.54 Å². The van der Waals surface area contributed by atoms with Crippen LogP contribution in [0.1, 0.15) is 5.56 Å². The van der Waals surface area contributed by atoms with Crippen LogP contribution in [-0.2, 0) is 35.8 Å². The molecular weight excluding hydrogens is 499 g/mol. The van der Waals surface area contributed by atoms with Gasteiger partial charge in [0.25, 0.3) is 0 Å². The van der Waals surface area contributed by atoms with Gasteiger partial charge in [0, 0.05) is 13.1 Å². The Kier molecular flexibility index (Phi) is 7.55. The van der Waals surface area contributed by atoms with Crippen molar-refractivity contribution in [3.05, 3.63) is 54.1 Å². The third-order valence-electron chi connectivity index (χ3n) is 4.93. The number of amides is 1. The summed E-state index contributed by atoms with van der Waals surface area (Å²) in [6, 6.07) is 9.13. The highest BCUT2D eigenvalue weighted by Gasteiger charge is 2.34. The molecule has 0 aromatic heterocycles. The maximum Gasteiger partial charge on any atom is 0.418 e. The van der Waals surface area contributed by atoms with Crippen molar-refractivity contribution < 1.29 is 39.5 Å². The number of nitrogens with one attached hydrogen (secondary N) is 1. The quantitative estimate of drug-likeness (QED) is 0.598. The summed E-state index contributed by atoms with van der Waals surface area (Å²) in [5.41, 5.74) is -1.62. The largest absolute Gasteiger partial charge is 0.418 e. The summed E-state index contributed by atoms with van der Waals surface area (Å²) in [6.07, 6.45) is -3.90. The van der Waals surface area contributed by atoms with E-state index in [1.54, 1.807) is 0 Å². The lowest BCUT2D eigenvalue weighted by Gasteiger charge is -2.26. The number of ether oxygens (including phenoxy) is 1. The zero-order valence-electron chi connectivity index (χ0n) is 17.9. The van der Waals surface area contributed by atoms with Crippen molar-refractivity contribution in [3.8, 4) is 0 Å². The molecule has 1 amide bonds. The lowest BCUT2D eigenvalue weighted by atomic mass is 10.1. The molecule has 186 valence electrons. The zero-order valence-corrected chi connectivity index (χ0v) is 19.6. The highest BCUT2D eigenvalue weighted by Crippen LogP contribution is 2.34. The number of hydrogen-bond acceptors (Lipinski definition) is 6. The minimum absolute atomic E-state index is 0.0253. The molecule has 0 bridgehead atoms. The monoisotopic (exact) mass is 521 g/mol. The van der Waals surface area contributed by atoms with E-state index in [4.69, 9.17) is 4.74 Å². The first-order valence-corrected chi connectivity index (χ1v) is 13.2. The summed E-state index contributed by atoms with van der Waals surface area (Å²) in [7, 11) is -7.86. The van der Waals surface area contributed by atoms with E-state index in [0.29, 0.717) is 4.31 Å². The van der Waals surface area contributed by atoms with E-state index in [9.17, 15) is 34.8 Å². The minimum atomic E-state index is -4.72. The SMILES string of the molecule is CS(=O)(=O)N(CC(=O)Nc1ccccc1C(F)(F)F)c1ccc(S(=O)(=O)N2CCOCC2)cc1. The molecule has 1 fully saturated rings. The molecule has 34 heavy (non-hydrogen) atoms. The molecule has 14 heteroatoms. The van der Waals surface area contributed by atoms with Crippen molar-refractivity contribution >= 4 is 37.3 Å². The van der Waals surface area contributed by atoms with Gasteiger partial charge in [0.05, 0.1) is 41.3 Å². The van der Waals surface area contributed by atoms with Crippen LogP contribution in [0.5, 0.6) is 0 Å². The second kappa shape index (κ2) is 9.90. The number of anilines is 2. The van der Waals surface area contributed by atoms with E-state index >= 15 is 0 Å². The van der Waals surface area contributed by atoms with Crippen molar-refractivity contribution in [2.75, 3.05) is 48.7 Å². The van der Waals surface area contributed by atoms with Crippen LogP contribution >= 0.6 is 0 Å². The summed E-state index contributed by atoms with van der Waals surface area (Å²) in [5.74, 6) is -1.01. The van der Waals surface area contributed by atoms with Crippen molar-refractivity contribution in [1.29, 1.82) is 0 Å². The minimum Gasteiger partial charge on any atom is -0.379 e. The second-order valence-electron chi connectivity index (χ2n) is 7.37. The molecule has 0 aliphatic carbocycles. The number of halogens is 3. The molecule has 2 aromatic carbocycles. The van der Waals surface area contributed by atoms with E-state index in [1.807, 2.05) is 0 Å². The highest BCUT2D eigenvalue weighted by atomic mass is 32.2. The predicted octanol–water partition coefficient (Wildman–Crippen LogP) is 2.13. The van der Waals surface area contributed by atoms with Gasteiger partial charge < -0.3 is 10.1 Å². The fourth-order valence-corrected chi connectivity index (χ4v) is 5.54. The first kappa shape index (κ1) is 25.9. The van der Waals surface area contributed by atoms with Crippen LogP contribution in [0.25, 0.3) is 0 Å². The smallest absolute Gasteiger partial charge is 0.379 e. The van der Waals surface area contributed by atoms with Gasteiger partial charge in [0.15, 0.2) is 0 Å². The molecule has 3 rings (SSSR count). The number of rotatable bonds is 7. The third-order valence-corrected chi connectivity index (χ3v) is 7.98. The molecule has 1 heterocycles. The first-order valence-electron chi connectivity index (χ1n) is 9.92. The lowest BCUT2D eigenvalue weighted by molar-refractivity contribution is -0.137. The van der Waals surface area contributed by atoms with Crippen molar-refractivity contribution in [2.45, 2.75) is 11.1 Å². The molecule has 9 nitrogen and oxygen atoms in total. The number of carbonyl (C=O) groups excluding carboxylic acids is 1. The van der Waals surface area contributed by atoms with Crippen LogP contribution in [0.2, 0.25) is 0 Å². The normalized spacial score (nSPS) is 15.6. The molecule has 1 N–H and O–H groups in total. The number of hydrogen-bond donors (Lipinski definition) is 1. The number of nitrogens with zero attached hydrogens (tertiary/aromatic N) is 2. The van der Waals surface area contributed by atoms with E-state index < -0.39 is 49.9 Å². The molecule has 0 radical (unpaired) electrons. The van der Waals surface area contributed by atoms with Gasteiger partial charge in [-0.2, -0.15) is 17.5 Å². The van der Waals surface area contributed by atoms with Gasteiger partial charge in [0.2, 0.25) is 26.0 Å². The molecule has 1 saturated heterocycles. The average Bonchev–Trinajstić information content (AvgIpc) is 2.77. The first-order chi connectivity index (χ1) is 15.8. The molecule has 2 aromatic rings. The number of morpholine rings is 1. The van der Waals surface area contributed by atoms with Crippen LogP contribution in [0.3, 0.4) is 0 Å². The van der Waals surface area contributed by atoms with Crippen molar-refractivity contribution in [3.63, 3.8) is 0 Å². The molecule has 0 atom stereocenters. The number of para-hydroxylation sites is 1. The Morgan fingerprint density at radius 1 is 1.03 bits per heavy atom. The predicted molar refractivity (Wildman–Crippen MR) is 118 cm³/mol. The average molecular weight is 522 g/mol. The fraction of sp³-hybridized carbons (Fsp3) is 0.350. The molecule has 0 saturated carbocycles. The molecule has 1 aliphatic rings. The Balaban J connectivity index is 1.82. The van der Waals surface area contributed by atoms with E-state index in [0.717, 1.165) is 24.5 Å². The second-order valence-corrected chi connectivity index (χ2v) is 11.2. The number of carbonyl (C=O) groups is 1. The van der Waals surface area contributed by atoms with Gasteiger partial charge >= 0.3 is 6.18 Å². The molecular formula is C20H22F3N3O6S2. The van der Waals surface area contributed by atoms with Gasteiger partial charge in [-0.3, -0.25) is 9.10 Å². The van der Waals surface area contributed by atoms with E-state index in [1.165, 1.54) is 34.6 Å². The van der Waals surface area contributed by atoms with Crippen molar-refractivity contribution in [1.82, 2.24) is 4.31 Å². The standard InChI is InChI=1S/C20H22F3N3O6S2/c1-33(28,29)26(14-19(27)24-18-5-3-2-4-17(18)20(21,22)23)15-6-8-16(9-7-15)34(30,31)25-10-12-32-13-11-25/h2-9H,10-14H2,1H3,(H,24,27). The zero-order chi connectivity index (χ0) is 25.1. The summed E-state index contributed by atoms with van der Waals surface area (Å²) < 4.78 is 96.6. The topological polar surface area (TPSA) is 113 Å². The van der Waals surface area contributed by atoms with Crippen molar-refractivity contribution in [2.24, 2.45) is 0 Å². The maximum absolute atomic E-state index is 13.2. The van der Waals surface area contributed by atoms with Gasteiger partial charge in [-0.1, -0.05) is 12.1 Å². The van der Waals surface area contributed by atoms with Gasteiger partial charge in [-0.15, -0.1) is 0 Å². The van der Waals surface area contributed by atoms with Crippen LogP contribution in [0.15, 0.2) is 53.4 Å². The van der Waals surface area contributed by atoms with Crippen LogP contribution < -0.4 is 9.62 Å². The van der Waals surface area contributed by atoms with Gasteiger partial charge in [-0.25, -0.2) is 16.8 Å². The summed E-state index contributed by atoms with van der Waals surface area (Å²) >= 11 is 0. The van der Waals surface area contributed by atoms with Crippen LogP contribution in [0, 0.1) is 0 Å². The summed E-state index contributed by atoms with van der Waals surface area (Å²) in [4.78, 5) is 12.4. The molecule has 1 aliphatic heterocycles. The molecule has 0 unspecified atom stereocenters. The fourth-order valence-electron chi connectivity index (χ4n) is 3.28. The Morgan fingerprint density at radius 2 is 1.62 bits per heavy atom. The third kappa shape index (κ3) is 6.05. The van der Waals surface area contributed by atoms with E-state index in [2.05, 4.69) is 5.32 Å². The van der Waals surface area contributed by atoms with Crippen LogP contribution in [0.4, 0.5) is 24.5 Å². The Labute approximate surface area is 195 Å². The van der Waals surface area contributed by atoms with Gasteiger partial charge in [-0.05, 0) is 36.4 Å². The van der Waals surface area contributed by atoms with Crippen LogP contribution in [-0.4, -0.2) is 66.2 Å².